The van der Waals surface area contributed by atoms with Gasteiger partial charge in [-0.3, -0.25) is 4.79 Å². The zero-order valence-corrected chi connectivity index (χ0v) is 22.2. The maximum Gasteiger partial charge on any atom is 0.343 e. The molecule has 2 rings (SSSR count). The molecule has 1 atom stereocenters. The Morgan fingerprint density at radius 2 is 1.44 bits per heavy atom. The third-order valence-corrected chi connectivity index (χ3v) is 6.41. The lowest BCUT2D eigenvalue weighted by Crippen LogP contribution is -2.62. The van der Waals surface area contributed by atoms with E-state index in [1.807, 2.05) is 24.3 Å². The number of benzene rings is 2. The summed E-state index contributed by atoms with van der Waals surface area (Å²) >= 11 is 0. The normalized spacial score (nSPS) is 12.2. The Labute approximate surface area is 215 Å². The highest BCUT2D eigenvalue weighted by Crippen LogP contribution is 2.32. The van der Waals surface area contributed by atoms with Gasteiger partial charge in [-0.25, -0.2) is 9.59 Å². The van der Waals surface area contributed by atoms with Gasteiger partial charge in [0.15, 0.2) is 0 Å². The zero-order valence-electron chi connectivity index (χ0n) is 22.2. The van der Waals surface area contributed by atoms with E-state index >= 15 is 0 Å². The van der Waals surface area contributed by atoms with Gasteiger partial charge in [-0.1, -0.05) is 75.4 Å². The highest BCUT2D eigenvalue weighted by Gasteiger charge is 2.51. The van der Waals surface area contributed by atoms with Crippen molar-refractivity contribution in [2.75, 3.05) is 13.2 Å². The number of unbranched alkanes of at least 4 members (excludes halogenated alkanes) is 5. The molecule has 0 fully saturated rings. The van der Waals surface area contributed by atoms with Crippen molar-refractivity contribution in [3.63, 3.8) is 0 Å². The summed E-state index contributed by atoms with van der Waals surface area (Å²) in [7, 11) is 0. The molecule has 0 radical (unpaired) electrons. The SMILES string of the molecule is CCCCCCCCc1ccc(C(N)CC(NC(C)=O)(C(=O)OCC)C(=O)OCC)c2ccccc12. The van der Waals surface area contributed by atoms with E-state index in [1.54, 1.807) is 13.8 Å². The van der Waals surface area contributed by atoms with E-state index in [-0.39, 0.29) is 19.6 Å². The molecule has 0 heterocycles. The molecule has 0 bridgehead atoms. The molecule has 2 aromatic rings. The van der Waals surface area contributed by atoms with E-state index in [0.717, 1.165) is 29.2 Å². The molecule has 3 N–H and O–H groups in total. The first-order chi connectivity index (χ1) is 17.3. The van der Waals surface area contributed by atoms with Crippen molar-refractivity contribution in [1.29, 1.82) is 0 Å². The van der Waals surface area contributed by atoms with Crippen LogP contribution in [-0.2, 0) is 30.3 Å². The second-order valence-corrected chi connectivity index (χ2v) is 9.22. The predicted molar refractivity (Wildman–Crippen MR) is 142 cm³/mol. The lowest BCUT2D eigenvalue weighted by Gasteiger charge is -2.32. The van der Waals surface area contributed by atoms with Crippen molar-refractivity contribution in [2.24, 2.45) is 5.73 Å². The molecular weight excluding hydrogens is 456 g/mol. The quantitative estimate of drug-likeness (QED) is 0.200. The molecule has 36 heavy (non-hydrogen) atoms. The molecule has 198 valence electrons. The molecule has 0 aromatic heterocycles. The summed E-state index contributed by atoms with van der Waals surface area (Å²) in [6.45, 7) is 6.83. The lowest BCUT2D eigenvalue weighted by atomic mass is 9.85. The van der Waals surface area contributed by atoms with Crippen LogP contribution in [0.15, 0.2) is 36.4 Å². The number of esters is 2. The number of carbonyl (C=O) groups excluding carboxylic acids is 3. The smallest absolute Gasteiger partial charge is 0.343 e. The van der Waals surface area contributed by atoms with Gasteiger partial charge in [-0.2, -0.15) is 0 Å². The number of nitrogens with one attached hydrogen (secondary N) is 1. The molecule has 0 spiro atoms. The zero-order chi connectivity index (χ0) is 26.6. The van der Waals surface area contributed by atoms with Crippen LogP contribution in [0.4, 0.5) is 0 Å². The first-order valence-electron chi connectivity index (χ1n) is 13.2. The number of fused-ring (bicyclic) bond motifs is 1. The summed E-state index contributed by atoms with van der Waals surface area (Å²) in [5.41, 5.74) is 6.65. The highest BCUT2D eigenvalue weighted by molar-refractivity contribution is 6.07. The third kappa shape index (κ3) is 7.53. The van der Waals surface area contributed by atoms with Gasteiger partial charge in [-0.05, 0) is 48.6 Å². The molecule has 7 heteroatoms. The van der Waals surface area contributed by atoms with E-state index in [9.17, 15) is 14.4 Å². The average molecular weight is 499 g/mol. The van der Waals surface area contributed by atoms with Gasteiger partial charge in [0.2, 0.25) is 11.4 Å². The first kappa shape index (κ1) is 29.3. The molecule has 0 saturated heterocycles. The fourth-order valence-corrected chi connectivity index (χ4v) is 4.67. The maximum atomic E-state index is 13.0. The minimum atomic E-state index is -2.03. The standard InChI is InChI=1S/C29H42N2O5/c1-5-8-9-10-11-12-15-22-18-19-25(24-17-14-13-16-23(22)24)26(30)20-29(31-21(4)32,27(33)35-6-2)28(34)36-7-3/h13-14,16-19,26H,5-12,15,20,30H2,1-4H3,(H,31,32). The van der Waals surface area contributed by atoms with Crippen LogP contribution in [0, 0.1) is 0 Å². The van der Waals surface area contributed by atoms with E-state index in [0.29, 0.717) is 0 Å². The van der Waals surface area contributed by atoms with Gasteiger partial charge in [0.1, 0.15) is 0 Å². The number of hydrogen-bond acceptors (Lipinski definition) is 6. The van der Waals surface area contributed by atoms with Gasteiger partial charge >= 0.3 is 11.9 Å². The number of aryl methyl sites for hydroxylation is 1. The second-order valence-electron chi connectivity index (χ2n) is 9.22. The van der Waals surface area contributed by atoms with Gasteiger partial charge in [0.05, 0.1) is 13.2 Å². The highest BCUT2D eigenvalue weighted by atomic mass is 16.6. The Bertz CT molecular complexity index is 1000. The number of nitrogens with two attached hydrogens (primary N) is 1. The number of rotatable bonds is 15. The Morgan fingerprint density at radius 1 is 0.861 bits per heavy atom. The van der Waals surface area contributed by atoms with E-state index in [4.69, 9.17) is 15.2 Å². The second kappa shape index (κ2) is 14.6. The molecule has 7 nitrogen and oxygen atoms in total. The summed E-state index contributed by atoms with van der Waals surface area (Å²) in [6.07, 6.45) is 8.16. The number of carbonyl (C=O) groups is 3. The van der Waals surface area contributed by atoms with Gasteiger partial charge < -0.3 is 20.5 Å². The number of hydrogen-bond donors (Lipinski definition) is 2. The Balaban J connectivity index is 2.38. The largest absolute Gasteiger partial charge is 0.464 e. The fourth-order valence-electron chi connectivity index (χ4n) is 4.67. The van der Waals surface area contributed by atoms with E-state index in [2.05, 4.69) is 24.4 Å². The van der Waals surface area contributed by atoms with Crippen molar-refractivity contribution in [2.45, 2.75) is 90.6 Å². The molecule has 1 unspecified atom stereocenters. The van der Waals surface area contributed by atoms with Crippen molar-refractivity contribution in [3.05, 3.63) is 47.5 Å². The van der Waals surface area contributed by atoms with Crippen LogP contribution in [-0.4, -0.2) is 36.6 Å². The van der Waals surface area contributed by atoms with Crippen LogP contribution in [0.25, 0.3) is 10.8 Å². The van der Waals surface area contributed by atoms with Crippen LogP contribution >= 0.6 is 0 Å². The molecule has 0 aliphatic rings. The van der Waals surface area contributed by atoms with Gasteiger partial charge in [0, 0.05) is 19.4 Å². The monoisotopic (exact) mass is 498 g/mol. The summed E-state index contributed by atoms with van der Waals surface area (Å²) in [6, 6.07) is 11.3. The van der Waals surface area contributed by atoms with Gasteiger partial charge in [0.25, 0.3) is 0 Å². The Morgan fingerprint density at radius 3 is 2.03 bits per heavy atom. The topological polar surface area (TPSA) is 108 Å². The van der Waals surface area contributed by atoms with Crippen molar-refractivity contribution >= 4 is 28.6 Å². The van der Waals surface area contributed by atoms with Crippen molar-refractivity contribution in [1.82, 2.24) is 5.32 Å². The predicted octanol–water partition coefficient (Wildman–Crippen LogP) is 5.13. The Hall–Kier alpha value is -2.93. The summed E-state index contributed by atoms with van der Waals surface area (Å²) in [5, 5.41) is 4.58. The third-order valence-electron chi connectivity index (χ3n) is 6.41. The minimum absolute atomic E-state index is 0.0465. The first-order valence-corrected chi connectivity index (χ1v) is 13.2. The molecule has 1 amide bonds. The van der Waals surface area contributed by atoms with Crippen LogP contribution < -0.4 is 11.1 Å². The number of amides is 1. The van der Waals surface area contributed by atoms with Crippen LogP contribution in [0.1, 0.15) is 89.8 Å². The summed E-state index contributed by atoms with van der Waals surface area (Å²) in [4.78, 5) is 38.1. The number of ether oxygens (including phenoxy) is 2. The molecular formula is C29H42N2O5. The summed E-state index contributed by atoms with van der Waals surface area (Å²) in [5.74, 6) is -2.31. The van der Waals surface area contributed by atoms with E-state index < -0.39 is 29.4 Å². The van der Waals surface area contributed by atoms with Crippen molar-refractivity contribution < 1.29 is 23.9 Å². The van der Waals surface area contributed by atoms with Crippen LogP contribution in [0.2, 0.25) is 0 Å². The summed E-state index contributed by atoms with van der Waals surface area (Å²) < 4.78 is 10.4. The molecule has 2 aromatic carbocycles. The molecule has 0 aliphatic carbocycles. The maximum absolute atomic E-state index is 13.0. The molecule has 0 aliphatic heterocycles. The van der Waals surface area contributed by atoms with Crippen molar-refractivity contribution in [3.8, 4) is 0 Å². The fraction of sp³-hybridized carbons (Fsp3) is 0.552. The van der Waals surface area contributed by atoms with Crippen LogP contribution in [0.3, 0.4) is 0 Å². The van der Waals surface area contributed by atoms with Gasteiger partial charge in [-0.15, -0.1) is 0 Å². The minimum Gasteiger partial charge on any atom is -0.464 e. The average Bonchev–Trinajstić information content (AvgIpc) is 2.85. The Kier molecular flexibility index (Phi) is 11.9. The van der Waals surface area contributed by atoms with Crippen LogP contribution in [0.5, 0.6) is 0 Å². The van der Waals surface area contributed by atoms with E-state index in [1.165, 1.54) is 44.6 Å². The lowest BCUT2D eigenvalue weighted by molar-refractivity contribution is -0.168. The molecule has 0 saturated carbocycles.